The van der Waals surface area contributed by atoms with Crippen molar-refractivity contribution in [2.24, 2.45) is 5.73 Å². The molecule has 0 aliphatic carbocycles. The highest BCUT2D eigenvalue weighted by atomic mass is 35.5. The van der Waals surface area contributed by atoms with E-state index < -0.39 is 45.1 Å². The second-order valence-electron chi connectivity index (χ2n) is 9.81. The van der Waals surface area contributed by atoms with E-state index in [9.17, 15) is 18.0 Å². The molecule has 2 aliphatic rings. The number of nitrogens with two attached hydrogens (primary N) is 1. The van der Waals surface area contributed by atoms with Crippen molar-refractivity contribution in [3.63, 3.8) is 0 Å². The number of carbonyl (C=O) groups excluding carboxylic acids is 2. The topological polar surface area (TPSA) is 158 Å². The Morgan fingerprint density at radius 1 is 1.20 bits per heavy atom. The largest absolute Gasteiger partial charge is 0.453 e. The second kappa shape index (κ2) is 11.0. The molecule has 1 atom stereocenters. The van der Waals surface area contributed by atoms with Crippen molar-refractivity contribution >= 4 is 39.1 Å². The van der Waals surface area contributed by atoms with E-state index in [1.54, 1.807) is 24.3 Å². The van der Waals surface area contributed by atoms with E-state index in [4.69, 9.17) is 31.2 Å². The maximum atomic E-state index is 15.5. The Morgan fingerprint density at radius 3 is 2.51 bits per heavy atom. The quantitative estimate of drug-likeness (QED) is 0.457. The van der Waals surface area contributed by atoms with Crippen molar-refractivity contribution in [2.75, 3.05) is 38.0 Å². The highest BCUT2D eigenvalue weighted by Crippen LogP contribution is 2.40. The molecule has 5 rings (SSSR count). The fourth-order valence-corrected chi connectivity index (χ4v) is 6.71. The van der Waals surface area contributed by atoms with Gasteiger partial charge in [-0.25, -0.2) is 17.6 Å². The van der Waals surface area contributed by atoms with Crippen LogP contribution in [0.25, 0.3) is 11.5 Å². The summed E-state index contributed by atoms with van der Waals surface area (Å²) in [6.07, 6.45) is 0.152. The van der Waals surface area contributed by atoms with Crippen LogP contribution in [0.1, 0.15) is 24.3 Å². The van der Waals surface area contributed by atoms with Gasteiger partial charge in [-0.3, -0.25) is 4.79 Å². The van der Waals surface area contributed by atoms with Gasteiger partial charge in [-0.05, 0) is 29.8 Å². The number of fused-ring (bicyclic) bond motifs is 1. The number of amides is 2. The number of piperidine rings is 1. The number of ether oxygens (including phenoxy) is 2. The summed E-state index contributed by atoms with van der Waals surface area (Å²) >= 11 is 5.99. The molecule has 1 saturated heterocycles. The van der Waals surface area contributed by atoms with Gasteiger partial charge >= 0.3 is 6.09 Å². The Labute approximate surface area is 240 Å². The van der Waals surface area contributed by atoms with Gasteiger partial charge in [-0.2, -0.15) is 0 Å². The lowest BCUT2D eigenvalue weighted by Gasteiger charge is -2.37. The first-order valence-electron chi connectivity index (χ1n) is 12.6. The average Bonchev–Trinajstić information content (AvgIpc) is 3.44. The molecular weight excluding hydrogens is 581 g/mol. The van der Waals surface area contributed by atoms with E-state index in [-0.39, 0.29) is 34.5 Å². The number of anilines is 1. The third-order valence-corrected chi connectivity index (χ3v) is 9.40. The molecule has 0 bridgehead atoms. The molecule has 0 saturated carbocycles. The van der Waals surface area contributed by atoms with Crippen LogP contribution >= 0.6 is 11.6 Å². The Kier molecular flexibility index (Phi) is 7.76. The summed E-state index contributed by atoms with van der Waals surface area (Å²) in [5, 5.41) is 8.59. The summed E-state index contributed by atoms with van der Waals surface area (Å²) in [5.41, 5.74) is 5.30. The van der Waals surface area contributed by atoms with Crippen LogP contribution < -0.4 is 10.6 Å². The van der Waals surface area contributed by atoms with Gasteiger partial charge in [-0.15, -0.1) is 10.2 Å². The summed E-state index contributed by atoms with van der Waals surface area (Å²) in [7, 11) is -1.37. The van der Waals surface area contributed by atoms with Gasteiger partial charge in [0.1, 0.15) is 11.4 Å². The number of hydrogen-bond donors (Lipinski definition) is 1. The van der Waals surface area contributed by atoms with E-state index in [1.807, 2.05) is 0 Å². The Morgan fingerprint density at radius 2 is 1.88 bits per heavy atom. The van der Waals surface area contributed by atoms with Crippen LogP contribution in [0.5, 0.6) is 0 Å². The van der Waals surface area contributed by atoms with Crippen molar-refractivity contribution in [1.82, 2.24) is 15.1 Å². The van der Waals surface area contributed by atoms with Crippen molar-refractivity contribution in [2.45, 2.75) is 35.9 Å². The van der Waals surface area contributed by atoms with E-state index in [0.717, 1.165) is 6.07 Å². The Hall–Kier alpha value is -3.59. The first-order valence-corrected chi connectivity index (χ1v) is 14.6. The molecule has 0 unspecified atom stereocenters. The number of hydrogen-bond acceptors (Lipinski definition) is 10. The third kappa shape index (κ3) is 5.39. The van der Waals surface area contributed by atoms with Gasteiger partial charge in [0.25, 0.3) is 5.89 Å². The first-order chi connectivity index (χ1) is 19.5. The maximum Gasteiger partial charge on any atom is 0.409 e. The normalized spacial score (nSPS) is 19.9. The smallest absolute Gasteiger partial charge is 0.409 e. The fourth-order valence-electron chi connectivity index (χ4n) is 5.02. The minimum absolute atomic E-state index is 0.0458. The zero-order chi connectivity index (χ0) is 29.5. The molecule has 41 heavy (non-hydrogen) atoms. The van der Waals surface area contributed by atoms with Crippen LogP contribution in [0.2, 0.25) is 5.02 Å². The van der Waals surface area contributed by atoms with Gasteiger partial charge < -0.3 is 29.4 Å². The number of rotatable bonds is 5. The van der Waals surface area contributed by atoms with Gasteiger partial charge in [0.2, 0.25) is 11.8 Å². The monoisotopic (exact) mass is 607 g/mol. The lowest BCUT2D eigenvalue weighted by atomic mass is 9.91. The van der Waals surface area contributed by atoms with E-state index in [0.29, 0.717) is 36.5 Å². The molecule has 2 aliphatic heterocycles. The van der Waals surface area contributed by atoms with Gasteiger partial charge in [0.15, 0.2) is 9.84 Å². The fraction of sp³-hybridized carbons (Fsp3) is 0.385. The summed E-state index contributed by atoms with van der Waals surface area (Å²) in [6, 6.07) is 7.31. The van der Waals surface area contributed by atoms with E-state index in [2.05, 4.69) is 10.2 Å². The van der Waals surface area contributed by atoms with Crippen molar-refractivity contribution < 1.29 is 36.3 Å². The molecule has 218 valence electrons. The third-order valence-electron chi connectivity index (χ3n) is 7.35. The summed E-state index contributed by atoms with van der Waals surface area (Å²) in [6.45, 7) is 0.548. The van der Waals surface area contributed by atoms with Crippen molar-refractivity contribution in [1.29, 1.82) is 0 Å². The van der Waals surface area contributed by atoms with Crippen LogP contribution in [0.4, 0.5) is 14.9 Å². The lowest BCUT2D eigenvalue weighted by molar-refractivity contribution is -0.119. The number of aromatic nitrogens is 2. The minimum atomic E-state index is -4.13. The second-order valence-corrected chi connectivity index (χ2v) is 12.2. The number of halogens is 2. The maximum absolute atomic E-state index is 15.5. The SMILES string of the molecule is COC(=O)N1CCC(OC)(c2nnc(-c3cc4c(cc3F)S(=O)(=O)C[C@H](N)C(=O)N4Cc3ccc(Cl)cc3)o2)CC1. The molecule has 1 fully saturated rings. The molecule has 0 radical (unpaired) electrons. The molecule has 2 aromatic carbocycles. The number of likely N-dealkylation sites (tertiary alicyclic amines) is 1. The van der Waals surface area contributed by atoms with Crippen LogP contribution in [0, 0.1) is 5.82 Å². The Balaban J connectivity index is 1.55. The van der Waals surface area contributed by atoms with E-state index in [1.165, 1.54) is 30.1 Å². The van der Waals surface area contributed by atoms with Gasteiger partial charge in [0, 0.05) is 38.1 Å². The molecule has 12 nitrogen and oxygen atoms in total. The first kappa shape index (κ1) is 28.9. The summed E-state index contributed by atoms with van der Waals surface area (Å²) in [5.74, 6) is -2.45. The number of nitrogens with zero attached hydrogens (tertiary/aromatic N) is 4. The molecule has 2 N–H and O–H groups in total. The van der Waals surface area contributed by atoms with Crippen LogP contribution in [0.3, 0.4) is 0 Å². The molecule has 3 aromatic rings. The van der Waals surface area contributed by atoms with E-state index >= 15 is 4.39 Å². The number of sulfone groups is 1. The average molecular weight is 608 g/mol. The van der Waals surface area contributed by atoms with Crippen LogP contribution in [-0.2, 0) is 36.3 Å². The lowest BCUT2D eigenvalue weighted by Crippen LogP contribution is -2.46. The highest BCUT2D eigenvalue weighted by Gasteiger charge is 2.43. The minimum Gasteiger partial charge on any atom is -0.453 e. The molecule has 1 aromatic heterocycles. The summed E-state index contributed by atoms with van der Waals surface area (Å²) < 4.78 is 58.2. The molecular formula is C26H27ClFN5O7S. The van der Waals surface area contributed by atoms with Crippen LogP contribution in [0.15, 0.2) is 45.7 Å². The molecule has 0 spiro atoms. The van der Waals surface area contributed by atoms with Crippen molar-refractivity contribution in [3.8, 4) is 11.5 Å². The van der Waals surface area contributed by atoms with Crippen molar-refractivity contribution in [3.05, 3.63) is 58.7 Å². The predicted octanol–water partition coefficient (Wildman–Crippen LogP) is 2.88. The molecule has 3 heterocycles. The number of methoxy groups -OCH3 is 2. The van der Waals surface area contributed by atoms with Crippen LogP contribution in [-0.4, -0.2) is 74.6 Å². The zero-order valence-corrected chi connectivity index (χ0v) is 23.7. The standard InChI is InChI=1S/C26H27ClFN5O7S/c1-38-25(35)32-9-7-26(39-2,8-10-32)24-31-30-22(40-24)17-11-20-21(12-18(17)28)41(36,37)14-19(29)23(34)33(20)13-15-3-5-16(27)6-4-15/h3-6,11-12,19H,7-10,13-14,29H2,1-2H3/t19-/m0/s1. The Bertz CT molecular complexity index is 1590. The summed E-state index contributed by atoms with van der Waals surface area (Å²) in [4.78, 5) is 27.5. The number of benzene rings is 2. The highest BCUT2D eigenvalue weighted by molar-refractivity contribution is 7.91. The zero-order valence-electron chi connectivity index (χ0n) is 22.2. The van der Waals surface area contributed by atoms with Gasteiger partial charge in [-0.1, -0.05) is 23.7 Å². The molecule has 15 heteroatoms. The number of carbonyl (C=O) groups is 2. The molecule has 2 amide bonds. The predicted molar refractivity (Wildman–Crippen MR) is 144 cm³/mol. The van der Waals surface area contributed by atoms with Gasteiger partial charge in [0.05, 0.1) is 41.6 Å².